The third-order valence-corrected chi connectivity index (χ3v) is 4.86. The molecule has 1 aliphatic rings. The van der Waals surface area contributed by atoms with Crippen LogP contribution in [-0.4, -0.2) is 45.4 Å². The van der Waals surface area contributed by atoms with Crippen molar-refractivity contribution in [1.29, 1.82) is 0 Å². The molecule has 4 rings (SSSR count). The van der Waals surface area contributed by atoms with Crippen molar-refractivity contribution in [3.05, 3.63) is 59.9 Å². The molecule has 0 aliphatic carbocycles. The van der Waals surface area contributed by atoms with Crippen molar-refractivity contribution in [2.24, 2.45) is 0 Å². The van der Waals surface area contributed by atoms with Gasteiger partial charge < -0.3 is 10.0 Å². The Morgan fingerprint density at radius 2 is 1.93 bits per heavy atom. The minimum absolute atomic E-state index is 0.102. The molecule has 7 heteroatoms. The second-order valence-corrected chi connectivity index (χ2v) is 6.94. The first-order valence-corrected chi connectivity index (χ1v) is 9.10. The number of anilines is 1. The van der Waals surface area contributed by atoms with E-state index in [-0.39, 0.29) is 6.54 Å². The van der Waals surface area contributed by atoms with Gasteiger partial charge in [-0.3, -0.25) is 4.98 Å². The first-order chi connectivity index (χ1) is 13.1. The van der Waals surface area contributed by atoms with Gasteiger partial charge in [0.1, 0.15) is 12.0 Å². The van der Waals surface area contributed by atoms with E-state index in [2.05, 4.69) is 15.0 Å². The Kier molecular flexibility index (Phi) is 5.01. The Morgan fingerprint density at radius 3 is 2.63 bits per heavy atom. The maximum atomic E-state index is 14.0. The van der Waals surface area contributed by atoms with Gasteiger partial charge in [-0.1, -0.05) is 23.7 Å². The molecule has 1 N–H and O–H groups in total. The molecular formula is C20H18ClFN4O. The van der Waals surface area contributed by atoms with Gasteiger partial charge in [-0.25, -0.2) is 14.4 Å². The van der Waals surface area contributed by atoms with E-state index < -0.39 is 12.3 Å². The second-order valence-electron chi connectivity index (χ2n) is 6.50. The van der Waals surface area contributed by atoms with Crippen LogP contribution in [0.5, 0.6) is 0 Å². The van der Waals surface area contributed by atoms with E-state index in [0.717, 1.165) is 16.8 Å². The number of alkyl halides is 1. The largest absolute Gasteiger partial charge is 0.390 e. The molecule has 1 fully saturated rings. The summed E-state index contributed by atoms with van der Waals surface area (Å²) in [6, 6.07) is 12.9. The van der Waals surface area contributed by atoms with Gasteiger partial charge in [-0.2, -0.15) is 0 Å². The fourth-order valence-electron chi connectivity index (χ4n) is 3.09. The maximum Gasteiger partial charge on any atom is 0.163 e. The van der Waals surface area contributed by atoms with E-state index in [9.17, 15) is 9.50 Å². The molecule has 27 heavy (non-hydrogen) atoms. The van der Waals surface area contributed by atoms with Gasteiger partial charge in [-0.05, 0) is 30.7 Å². The number of rotatable bonds is 3. The number of hydrogen-bond donors (Lipinski definition) is 1. The molecule has 2 aromatic heterocycles. The average molecular weight is 385 g/mol. The summed E-state index contributed by atoms with van der Waals surface area (Å²) >= 11 is 5.99. The maximum absolute atomic E-state index is 14.0. The van der Waals surface area contributed by atoms with Crippen LogP contribution in [0.2, 0.25) is 5.02 Å². The molecule has 5 nitrogen and oxygen atoms in total. The number of halogens is 2. The summed E-state index contributed by atoms with van der Waals surface area (Å²) in [5.41, 5.74) is 2.39. The zero-order valence-corrected chi connectivity index (χ0v) is 15.2. The molecule has 0 unspecified atom stereocenters. The first-order valence-electron chi connectivity index (χ1n) is 8.72. The summed E-state index contributed by atoms with van der Waals surface area (Å²) in [5.74, 6) is 1.15. The molecular weight excluding hydrogens is 367 g/mol. The number of aromatic nitrogens is 3. The molecule has 138 valence electrons. The normalized spacial score (nSPS) is 19.9. The van der Waals surface area contributed by atoms with Crippen molar-refractivity contribution >= 4 is 17.4 Å². The summed E-state index contributed by atoms with van der Waals surface area (Å²) < 4.78 is 14.0. The predicted molar refractivity (Wildman–Crippen MR) is 103 cm³/mol. The third kappa shape index (κ3) is 3.91. The van der Waals surface area contributed by atoms with Gasteiger partial charge in [0.25, 0.3) is 0 Å². The predicted octanol–water partition coefficient (Wildman–Crippen LogP) is 3.77. The molecule has 0 amide bonds. The Balaban J connectivity index is 1.78. The Labute approximate surface area is 161 Å². The lowest BCUT2D eigenvalue weighted by Crippen LogP contribution is -2.45. The van der Waals surface area contributed by atoms with E-state index in [1.165, 1.54) is 0 Å². The van der Waals surface area contributed by atoms with E-state index in [1.807, 2.05) is 35.2 Å². The molecule has 0 bridgehead atoms. The van der Waals surface area contributed by atoms with Crippen molar-refractivity contribution < 1.29 is 9.50 Å². The van der Waals surface area contributed by atoms with Crippen LogP contribution in [0, 0.1) is 0 Å². The molecule has 1 aromatic carbocycles. The van der Waals surface area contributed by atoms with Crippen molar-refractivity contribution in [2.75, 3.05) is 18.0 Å². The summed E-state index contributed by atoms with van der Waals surface area (Å²) in [6.45, 7) is 0.635. The lowest BCUT2D eigenvalue weighted by molar-refractivity contribution is 0.0614. The van der Waals surface area contributed by atoms with Crippen LogP contribution < -0.4 is 4.90 Å². The van der Waals surface area contributed by atoms with Crippen LogP contribution in [0.3, 0.4) is 0 Å². The number of pyridine rings is 1. The number of aliphatic hydroxyl groups excluding tert-OH is 1. The molecule has 3 heterocycles. The number of benzene rings is 1. The fraction of sp³-hybridized carbons (Fsp3) is 0.250. The fourth-order valence-corrected chi connectivity index (χ4v) is 3.22. The van der Waals surface area contributed by atoms with Gasteiger partial charge in [0.2, 0.25) is 0 Å². The Hall–Kier alpha value is -2.57. The highest BCUT2D eigenvalue weighted by atomic mass is 35.5. The summed E-state index contributed by atoms with van der Waals surface area (Å²) in [6.07, 6.45) is 1.53. The molecule has 1 saturated heterocycles. The van der Waals surface area contributed by atoms with Gasteiger partial charge in [0.05, 0.1) is 18.3 Å². The van der Waals surface area contributed by atoms with Crippen LogP contribution in [0.1, 0.15) is 6.42 Å². The third-order valence-electron chi connectivity index (χ3n) is 4.60. The highest BCUT2D eigenvalue weighted by molar-refractivity contribution is 6.30. The summed E-state index contributed by atoms with van der Waals surface area (Å²) in [5, 5.41) is 10.3. The summed E-state index contributed by atoms with van der Waals surface area (Å²) in [4.78, 5) is 15.3. The zero-order chi connectivity index (χ0) is 18.8. The topological polar surface area (TPSA) is 62.1 Å². The van der Waals surface area contributed by atoms with Gasteiger partial charge in [0.15, 0.2) is 5.82 Å². The first kappa shape index (κ1) is 17.8. The van der Waals surface area contributed by atoms with E-state index in [0.29, 0.717) is 29.6 Å². The molecule has 2 atom stereocenters. The second kappa shape index (κ2) is 7.58. The van der Waals surface area contributed by atoms with E-state index >= 15 is 0 Å². The van der Waals surface area contributed by atoms with Crippen LogP contribution in [0.25, 0.3) is 22.6 Å². The molecule has 0 saturated carbocycles. The number of piperidine rings is 1. The van der Waals surface area contributed by atoms with Gasteiger partial charge >= 0.3 is 0 Å². The highest BCUT2D eigenvalue weighted by Crippen LogP contribution is 2.28. The molecule has 3 aromatic rings. The van der Waals surface area contributed by atoms with Crippen molar-refractivity contribution in [3.8, 4) is 22.6 Å². The molecule has 1 aliphatic heterocycles. The Bertz CT molecular complexity index is 923. The monoisotopic (exact) mass is 384 g/mol. The van der Waals surface area contributed by atoms with Crippen LogP contribution in [0.4, 0.5) is 10.2 Å². The van der Waals surface area contributed by atoms with Gasteiger partial charge in [0, 0.05) is 41.2 Å². The van der Waals surface area contributed by atoms with Crippen LogP contribution in [-0.2, 0) is 0 Å². The quantitative estimate of drug-likeness (QED) is 0.744. The number of hydrogen-bond acceptors (Lipinski definition) is 5. The van der Waals surface area contributed by atoms with Crippen LogP contribution in [0.15, 0.2) is 54.9 Å². The minimum Gasteiger partial charge on any atom is -0.390 e. The lowest BCUT2D eigenvalue weighted by atomic mass is 10.1. The zero-order valence-electron chi connectivity index (χ0n) is 14.5. The number of nitrogens with zero attached hydrogens (tertiary/aromatic N) is 4. The highest BCUT2D eigenvalue weighted by Gasteiger charge is 2.28. The average Bonchev–Trinajstić information content (AvgIpc) is 2.71. The van der Waals surface area contributed by atoms with Crippen molar-refractivity contribution in [2.45, 2.75) is 18.7 Å². The molecule has 0 radical (unpaired) electrons. The van der Waals surface area contributed by atoms with E-state index in [1.54, 1.807) is 24.5 Å². The standard InChI is InChI=1S/C20H18ClFN4O/c21-15-5-3-13(4-6-15)17-10-19(26-9-7-18(27)16(22)12-26)25-20(24-17)14-2-1-8-23-11-14/h1-6,8,10-11,16,18,27H,7,9,12H2/t16-,18+/m0/s1. The van der Waals surface area contributed by atoms with Crippen molar-refractivity contribution in [1.82, 2.24) is 15.0 Å². The molecule has 0 spiro atoms. The van der Waals surface area contributed by atoms with Crippen molar-refractivity contribution in [3.63, 3.8) is 0 Å². The minimum atomic E-state index is -1.30. The van der Waals surface area contributed by atoms with Crippen LogP contribution >= 0.6 is 11.6 Å². The smallest absolute Gasteiger partial charge is 0.163 e. The SMILES string of the molecule is O[C@@H]1CCN(c2cc(-c3ccc(Cl)cc3)nc(-c3cccnc3)n2)C[C@@H]1F. The summed E-state index contributed by atoms with van der Waals surface area (Å²) in [7, 11) is 0. The lowest BCUT2D eigenvalue weighted by Gasteiger charge is -2.33. The van der Waals surface area contributed by atoms with Gasteiger partial charge in [-0.15, -0.1) is 0 Å². The Morgan fingerprint density at radius 1 is 1.11 bits per heavy atom. The van der Waals surface area contributed by atoms with E-state index in [4.69, 9.17) is 11.6 Å². The number of aliphatic hydroxyl groups is 1.